The van der Waals surface area contributed by atoms with Gasteiger partial charge in [0.05, 0.1) is 29.8 Å². The standard InChI is InChI=1S/C21H27N3O4S/c1-13(2)11-28-17-6-4-5-15(9-17)18-10-19(25)22-21-20(18)14(3)23-24(21)16-7-8-29(26,27)12-16/h4-6,9,13,16,18H,7-8,10-12H2,1-3H3,(H,22,25)/t16-,18+/m0/s1. The minimum absolute atomic E-state index is 0.0691. The molecule has 1 fully saturated rings. The van der Waals surface area contributed by atoms with E-state index in [1.807, 2.05) is 31.2 Å². The molecule has 1 N–H and O–H groups in total. The lowest BCUT2D eigenvalue weighted by atomic mass is 9.85. The molecule has 2 aliphatic heterocycles. The normalized spacial score (nSPS) is 23.1. The van der Waals surface area contributed by atoms with Gasteiger partial charge in [-0.3, -0.25) is 4.79 Å². The van der Waals surface area contributed by atoms with Crippen LogP contribution in [0.2, 0.25) is 0 Å². The number of anilines is 1. The number of sulfone groups is 1. The monoisotopic (exact) mass is 417 g/mol. The largest absolute Gasteiger partial charge is 0.493 e. The molecule has 1 amide bonds. The summed E-state index contributed by atoms with van der Waals surface area (Å²) in [4.78, 5) is 12.5. The third kappa shape index (κ3) is 4.03. The molecular weight excluding hydrogens is 390 g/mol. The van der Waals surface area contributed by atoms with E-state index in [0.29, 0.717) is 31.2 Å². The Balaban J connectivity index is 1.70. The molecule has 0 radical (unpaired) electrons. The average molecular weight is 418 g/mol. The third-order valence-electron chi connectivity index (χ3n) is 5.53. The molecule has 0 bridgehead atoms. The summed E-state index contributed by atoms with van der Waals surface area (Å²) < 4.78 is 31.5. The van der Waals surface area contributed by atoms with Gasteiger partial charge in [-0.1, -0.05) is 26.0 Å². The van der Waals surface area contributed by atoms with Gasteiger partial charge in [0.1, 0.15) is 11.6 Å². The number of fused-ring (bicyclic) bond motifs is 1. The number of nitrogens with one attached hydrogen (secondary N) is 1. The number of carbonyl (C=O) groups excluding carboxylic acids is 1. The minimum Gasteiger partial charge on any atom is -0.493 e. The molecule has 0 unspecified atom stereocenters. The van der Waals surface area contributed by atoms with E-state index in [2.05, 4.69) is 24.3 Å². The van der Waals surface area contributed by atoms with Crippen LogP contribution in [0.15, 0.2) is 24.3 Å². The van der Waals surface area contributed by atoms with Crippen LogP contribution in [-0.2, 0) is 14.6 Å². The van der Waals surface area contributed by atoms with Gasteiger partial charge in [-0.05, 0) is 37.0 Å². The van der Waals surface area contributed by atoms with Crippen molar-refractivity contribution in [3.8, 4) is 5.75 Å². The van der Waals surface area contributed by atoms with Crippen molar-refractivity contribution in [1.82, 2.24) is 9.78 Å². The zero-order chi connectivity index (χ0) is 20.8. The molecule has 0 spiro atoms. The Morgan fingerprint density at radius 1 is 1.34 bits per heavy atom. The van der Waals surface area contributed by atoms with E-state index in [0.717, 1.165) is 22.6 Å². The third-order valence-corrected chi connectivity index (χ3v) is 7.28. The fraction of sp³-hybridized carbons (Fsp3) is 0.524. The van der Waals surface area contributed by atoms with E-state index in [9.17, 15) is 13.2 Å². The second kappa shape index (κ2) is 7.48. The fourth-order valence-electron chi connectivity index (χ4n) is 4.17. The highest BCUT2D eigenvalue weighted by atomic mass is 32.2. The van der Waals surface area contributed by atoms with Crippen molar-refractivity contribution in [2.45, 2.75) is 45.6 Å². The highest BCUT2D eigenvalue weighted by Gasteiger charge is 2.37. The lowest BCUT2D eigenvalue weighted by Gasteiger charge is -2.25. The van der Waals surface area contributed by atoms with E-state index in [1.165, 1.54) is 0 Å². The topological polar surface area (TPSA) is 90.3 Å². The summed E-state index contributed by atoms with van der Waals surface area (Å²) in [6, 6.07) is 7.64. The van der Waals surface area contributed by atoms with Crippen molar-refractivity contribution in [3.05, 3.63) is 41.1 Å². The number of ether oxygens (including phenoxy) is 1. The number of rotatable bonds is 5. The van der Waals surface area contributed by atoms with Gasteiger partial charge in [0.25, 0.3) is 0 Å². The summed E-state index contributed by atoms with van der Waals surface area (Å²) in [5.74, 6) is 1.87. The molecule has 1 saturated heterocycles. The van der Waals surface area contributed by atoms with Gasteiger partial charge in [-0.2, -0.15) is 5.10 Å². The Labute approximate surface area is 171 Å². The molecule has 29 heavy (non-hydrogen) atoms. The zero-order valence-corrected chi connectivity index (χ0v) is 17.8. The van der Waals surface area contributed by atoms with E-state index < -0.39 is 9.84 Å². The molecule has 156 valence electrons. The first-order valence-electron chi connectivity index (χ1n) is 10.1. The van der Waals surface area contributed by atoms with E-state index in [-0.39, 0.29) is 29.4 Å². The van der Waals surface area contributed by atoms with Gasteiger partial charge in [0, 0.05) is 17.9 Å². The van der Waals surface area contributed by atoms with Gasteiger partial charge >= 0.3 is 0 Å². The molecule has 7 nitrogen and oxygen atoms in total. The molecule has 1 aromatic carbocycles. The molecule has 4 rings (SSSR count). The summed E-state index contributed by atoms with van der Waals surface area (Å²) in [5, 5.41) is 7.58. The Morgan fingerprint density at radius 3 is 2.83 bits per heavy atom. The molecule has 2 aliphatic rings. The number of amides is 1. The minimum atomic E-state index is -3.05. The molecule has 0 aliphatic carbocycles. The van der Waals surface area contributed by atoms with Gasteiger partial charge in [-0.25, -0.2) is 13.1 Å². The van der Waals surface area contributed by atoms with Crippen molar-refractivity contribution in [3.63, 3.8) is 0 Å². The maximum atomic E-state index is 12.5. The molecule has 0 saturated carbocycles. The molecule has 8 heteroatoms. The Morgan fingerprint density at radius 2 is 2.14 bits per heavy atom. The van der Waals surface area contributed by atoms with Crippen LogP contribution in [0.1, 0.15) is 55.5 Å². The van der Waals surface area contributed by atoms with Crippen molar-refractivity contribution in [2.75, 3.05) is 23.4 Å². The average Bonchev–Trinajstić information content (AvgIpc) is 3.19. The van der Waals surface area contributed by atoms with E-state index in [4.69, 9.17) is 4.74 Å². The smallest absolute Gasteiger partial charge is 0.226 e. The number of hydrogen-bond acceptors (Lipinski definition) is 5. The molecule has 2 atom stereocenters. The number of nitrogens with zero attached hydrogens (tertiary/aromatic N) is 2. The maximum Gasteiger partial charge on any atom is 0.226 e. The fourth-order valence-corrected chi connectivity index (χ4v) is 5.87. The summed E-state index contributed by atoms with van der Waals surface area (Å²) in [5.41, 5.74) is 2.79. The van der Waals surface area contributed by atoms with Crippen LogP contribution >= 0.6 is 0 Å². The first-order chi connectivity index (χ1) is 13.7. The number of benzene rings is 1. The first kappa shape index (κ1) is 19.9. The Kier molecular flexibility index (Phi) is 5.14. The van der Waals surface area contributed by atoms with Gasteiger partial charge in [0.2, 0.25) is 5.91 Å². The van der Waals surface area contributed by atoms with Crippen molar-refractivity contribution < 1.29 is 17.9 Å². The predicted molar refractivity (Wildman–Crippen MR) is 111 cm³/mol. The first-order valence-corrected chi connectivity index (χ1v) is 11.9. The van der Waals surface area contributed by atoms with Crippen LogP contribution in [0.4, 0.5) is 5.82 Å². The highest BCUT2D eigenvalue weighted by molar-refractivity contribution is 7.91. The van der Waals surface area contributed by atoms with E-state index in [1.54, 1.807) is 4.68 Å². The van der Waals surface area contributed by atoms with Crippen molar-refractivity contribution >= 4 is 21.6 Å². The van der Waals surface area contributed by atoms with Crippen LogP contribution in [0.3, 0.4) is 0 Å². The lowest BCUT2D eigenvalue weighted by molar-refractivity contribution is -0.116. The number of aromatic nitrogens is 2. The Hall–Kier alpha value is -2.35. The quantitative estimate of drug-likeness (QED) is 0.807. The number of aryl methyl sites for hydroxylation is 1. The summed E-state index contributed by atoms with van der Waals surface area (Å²) in [7, 11) is -3.05. The molecular formula is C21H27N3O4S. The Bertz CT molecular complexity index is 1040. The van der Waals surface area contributed by atoms with Crippen LogP contribution in [0, 0.1) is 12.8 Å². The highest BCUT2D eigenvalue weighted by Crippen LogP contribution is 2.42. The number of hydrogen-bond donors (Lipinski definition) is 1. The predicted octanol–water partition coefficient (Wildman–Crippen LogP) is 3.06. The number of carbonyl (C=O) groups is 1. The zero-order valence-electron chi connectivity index (χ0n) is 17.0. The summed E-state index contributed by atoms with van der Waals surface area (Å²) in [6.07, 6.45) is 0.852. The van der Waals surface area contributed by atoms with E-state index >= 15 is 0 Å². The molecule has 1 aromatic heterocycles. The SMILES string of the molecule is Cc1nn([C@H]2CCS(=O)(=O)C2)c2c1[C@@H](c1cccc(OCC(C)C)c1)CC(=O)N2. The molecule has 3 heterocycles. The van der Waals surface area contributed by atoms with Crippen LogP contribution in [0.5, 0.6) is 5.75 Å². The van der Waals surface area contributed by atoms with Crippen molar-refractivity contribution in [1.29, 1.82) is 0 Å². The van der Waals surface area contributed by atoms with Crippen LogP contribution < -0.4 is 10.1 Å². The van der Waals surface area contributed by atoms with Crippen LogP contribution in [0.25, 0.3) is 0 Å². The second-order valence-electron chi connectivity index (χ2n) is 8.43. The summed E-state index contributed by atoms with van der Waals surface area (Å²) in [6.45, 7) is 6.75. The maximum absolute atomic E-state index is 12.5. The van der Waals surface area contributed by atoms with Crippen molar-refractivity contribution in [2.24, 2.45) is 5.92 Å². The van der Waals surface area contributed by atoms with Gasteiger partial charge < -0.3 is 10.1 Å². The van der Waals surface area contributed by atoms with Crippen LogP contribution in [-0.4, -0.2) is 42.2 Å². The lowest BCUT2D eigenvalue weighted by Crippen LogP contribution is -2.26. The van der Waals surface area contributed by atoms with Gasteiger partial charge in [-0.15, -0.1) is 0 Å². The molecule has 2 aromatic rings. The summed E-state index contributed by atoms with van der Waals surface area (Å²) >= 11 is 0. The second-order valence-corrected chi connectivity index (χ2v) is 10.7. The van der Waals surface area contributed by atoms with Gasteiger partial charge in [0.15, 0.2) is 9.84 Å².